The number of aryl methyl sites for hydroxylation is 1. The molecule has 0 radical (unpaired) electrons. The van der Waals surface area contributed by atoms with Crippen LogP contribution >= 0.6 is 0 Å². The van der Waals surface area contributed by atoms with E-state index in [0.717, 1.165) is 31.2 Å². The number of benzene rings is 2. The molecule has 7 nitrogen and oxygen atoms in total. The van der Waals surface area contributed by atoms with Crippen molar-refractivity contribution in [2.75, 3.05) is 19.6 Å². The molecular formula is C27H33N3O4. The molecule has 0 unspecified atom stereocenters. The molecule has 2 aliphatic heterocycles. The standard InChI is InChI=1S/C27H33N3O4/c31-25(28-17-7-14-21-10-3-1-4-11-21)23-15-8-18-29(23)26(32)24-16-9-19-30(24)27(33)34-20-22-12-5-2-6-13-22/h1-6,10-13,23-24H,7-9,14-20H2,(H,28,31)/t23-,24-/m0/s1. The van der Waals surface area contributed by atoms with Gasteiger partial charge in [0.15, 0.2) is 0 Å². The van der Waals surface area contributed by atoms with Crippen molar-refractivity contribution in [2.24, 2.45) is 0 Å². The number of rotatable bonds is 8. The number of nitrogens with zero attached hydrogens (tertiary/aromatic N) is 2. The fraction of sp³-hybridized carbons (Fsp3) is 0.444. The number of hydrogen-bond acceptors (Lipinski definition) is 4. The molecule has 0 aromatic heterocycles. The Morgan fingerprint density at radius 3 is 2.15 bits per heavy atom. The van der Waals surface area contributed by atoms with Crippen molar-refractivity contribution in [3.63, 3.8) is 0 Å². The van der Waals surface area contributed by atoms with Gasteiger partial charge in [0.05, 0.1) is 0 Å². The molecular weight excluding hydrogens is 430 g/mol. The minimum absolute atomic E-state index is 0.102. The molecule has 2 aromatic carbocycles. The lowest BCUT2D eigenvalue weighted by atomic mass is 10.1. The van der Waals surface area contributed by atoms with Crippen LogP contribution in [-0.2, 0) is 27.4 Å². The third kappa shape index (κ3) is 5.95. The summed E-state index contributed by atoms with van der Waals surface area (Å²) in [5.41, 5.74) is 2.15. The first-order valence-corrected chi connectivity index (χ1v) is 12.2. The summed E-state index contributed by atoms with van der Waals surface area (Å²) in [6.07, 6.45) is 4.07. The van der Waals surface area contributed by atoms with Crippen LogP contribution in [0.25, 0.3) is 0 Å². The summed E-state index contributed by atoms with van der Waals surface area (Å²) in [5.74, 6) is -0.244. The smallest absolute Gasteiger partial charge is 0.410 e. The molecule has 0 spiro atoms. The van der Waals surface area contributed by atoms with E-state index >= 15 is 0 Å². The van der Waals surface area contributed by atoms with E-state index in [9.17, 15) is 14.4 Å². The van der Waals surface area contributed by atoms with Gasteiger partial charge in [-0.05, 0) is 49.7 Å². The average Bonchev–Trinajstić information content (AvgIpc) is 3.56. The van der Waals surface area contributed by atoms with Gasteiger partial charge in [0.2, 0.25) is 11.8 Å². The van der Waals surface area contributed by atoms with Gasteiger partial charge in [0, 0.05) is 19.6 Å². The Kier molecular flexibility index (Phi) is 8.17. The number of carbonyl (C=O) groups is 3. The summed E-state index contributed by atoms with van der Waals surface area (Å²) in [4.78, 5) is 42.1. The van der Waals surface area contributed by atoms with Gasteiger partial charge in [0.25, 0.3) is 0 Å². The fourth-order valence-electron chi connectivity index (χ4n) is 4.81. The zero-order valence-electron chi connectivity index (χ0n) is 19.5. The third-order valence-electron chi connectivity index (χ3n) is 6.60. The Labute approximate surface area is 201 Å². The maximum absolute atomic E-state index is 13.4. The molecule has 0 saturated carbocycles. The Morgan fingerprint density at radius 1 is 0.824 bits per heavy atom. The second-order valence-corrected chi connectivity index (χ2v) is 8.96. The van der Waals surface area contributed by atoms with Crippen molar-refractivity contribution in [3.8, 4) is 0 Å². The number of amides is 3. The number of hydrogen-bond donors (Lipinski definition) is 1. The van der Waals surface area contributed by atoms with Crippen molar-refractivity contribution in [3.05, 3.63) is 71.8 Å². The lowest BCUT2D eigenvalue weighted by molar-refractivity contribution is -0.141. The Balaban J connectivity index is 1.28. The van der Waals surface area contributed by atoms with Crippen LogP contribution in [0.5, 0.6) is 0 Å². The molecule has 2 saturated heterocycles. The lowest BCUT2D eigenvalue weighted by Crippen LogP contribution is -2.53. The molecule has 180 valence electrons. The van der Waals surface area contributed by atoms with E-state index in [4.69, 9.17) is 4.74 Å². The SMILES string of the molecule is O=C(NCCCc1ccccc1)[C@@H]1CCCN1C(=O)[C@@H]1CCCN1C(=O)OCc1ccccc1. The van der Waals surface area contributed by atoms with E-state index in [1.165, 1.54) is 10.5 Å². The van der Waals surface area contributed by atoms with Gasteiger partial charge in [-0.25, -0.2) is 4.79 Å². The van der Waals surface area contributed by atoms with Crippen LogP contribution in [0.4, 0.5) is 4.79 Å². The second-order valence-electron chi connectivity index (χ2n) is 8.96. The highest BCUT2D eigenvalue weighted by molar-refractivity contribution is 5.92. The number of nitrogens with one attached hydrogen (secondary N) is 1. The van der Waals surface area contributed by atoms with Crippen molar-refractivity contribution in [1.82, 2.24) is 15.1 Å². The summed E-state index contributed by atoms with van der Waals surface area (Å²) in [6, 6.07) is 18.6. The first-order valence-electron chi connectivity index (χ1n) is 12.2. The van der Waals surface area contributed by atoms with Gasteiger partial charge >= 0.3 is 6.09 Å². The van der Waals surface area contributed by atoms with Crippen LogP contribution in [0.2, 0.25) is 0 Å². The average molecular weight is 464 g/mol. The normalized spacial score (nSPS) is 19.8. The van der Waals surface area contributed by atoms with E-state index in [1.54, 1.807) is 4.90 Å². The molecule has 2 aliphatic rings. The van der Waals surface area contributed by atoms with Crippen LogP contribution < -0.4 is 5.32 Å². The third-order valence-corrected chi connectivity index (χ3v) is 6.60. The zero-order valence-corrected chi connectivity index (χ0v) is 19.5. The molecule has 2 atom stereocenters. The summed E-state index contributed by atoms with van der Waals surface area (Å²) in [5, 5.41) is 3.00. The van der Waals surface area contributed by atoms with Gasteiger partial charge < -0.3 is 15.0 Å². The van der Waals surface area contributed by atoms with Gasteiger partial charge in [-0.1, -0.05) is 60.7 Å². The number of carbonyl (C=O) groups excluding carboxylic acids is 3. The molecule has 34 heavy (non-hydrogen) atoms. The molecule has 4 rings (SSSR count). The number of ether oxygens (including phenoxy) is 1. The van der Waals surface area contributed by atoms with Crippen molar-refractivity contribution < 1.29 is 19.1 Å². The summed E-state index contributed by atoms with van der Waals surface area (Å²) < 4.78 is 5.47. The van der Waals surface area contributed by atoms with E-state index in [0.29, 0.717) is 32.5 Å². The largest absolute Gasteiger partial charge is 0.445 e. The molecule has 0 aliphatic carbocycles. The molecule has 1 N–H and O–H groups in total. The quantitative estimate of drug-likeness (QED) is 0.608. The molecule has 2 fully saturated rings. The predicted octanol–water partition coefficient (Wildman–Crippen LogP) is 3.53. The highest BCUT2D eigenvalue weighted by Crippen LogP contribution is 2.25. The van der Waals surface area contributed by atoms with E-state index in [-0.39, 0.29) is 18.4 Å². The maximum Gasteiger partial charge on any atom is 0.410 e. The van der Waals surface area contributed by atoms with E-state index in [1.807, 2.05) is 48.5 Å². The molecule has 3 amide bonds. The first-order chi connectivity index (χ1) is 16.6. The van der Waals surface area contributed by atoms with Gasteiger partial charge in [-0.2, -0.15) is 0 Å². The van der Waals surface area contributed by atoms with Crippen LogP contribution in [0.3, 0.4) is 0 Å². The summed E-state index contributed by atoms with van der Waals surface area (Å²) in [7, 11) is 0. The Morgan fingerprint density at radius 2 is 1.44 bits per heavy atom. The van der Waals surface area contributed by atoms with Gasteiger partial charge in [-0.3, -0.25) is 14.5 Å². The van der Waals surface area contributed by atoms with Crippen LogP contribution in [0.1, 0.15) is 43.2 Å². The summed E-state index contributed by atoms with van der Waals surface area (Å²) >= 11 is 0. The van der Waals surface area contributed by atoms with E-state index < -0.39 is 18.2 Å². The number of likely N-dealkylation sites (tertiary alicyclic amines) is 2. The van der Waals surface area contributed by atoms with Gasteiger partial charge in [0.1, 0.15) is 18.7 Å². The topological polar surface area (TPSA) is 79.0 Å². The van der Waals surface area contributed by atoms with Crippen molar-refractivity contribution in [1.29, 1.82) is 0 Å². The van der Waals surface area contributed by atoms with Gasteiger partial charge in [-0.15, -0.1) is 0 Å². The predicted molar refractivity (Wildman–Crippen MR) is 129 cm³/mol. The lowest BCUT2D eigenvalue weighted by Gasteiger charge is -2.30. The summed E-state index contributed by atoms with van der Waals surface area (Å²) in [6.45, 7) is 1.79. The highest BCUT2D eigenvalue weighted by Gasteiger charge is 2.42. The minimum Gasteiger partial charge on any atom is -0.445 e. The van der Waals surface area contributed by atoms with Crippen LogP contribution in [0.15, 0.2) is 60.7 Å². The molecule has 2 aromatic rings. The molecule has 2 heterocycles. The second kappa shape index (κ2) is 11.7. The van der Waals surface area contributed by atoms with Crippen molar-refractivity contribution in [2.45, 2.75) is 57.2 Å². The minimum atomic E-state index is -0.560. The van der Waals surface area contributed by atoms with Crippen molar-refractivity contribution >= 4 is 17.9 Å². The van der Waals surface area contributed by atoms with Crippen LogP contribution in [-0.4, -0.2) is 59.4 Å². The highest BCUT2D eigenvalue weighted by atomic mass is 16.6. The molecule has 0 bridgehead atoms. The Bertz CT molecular complexity index is 966. The fourth-order valence-corrected chi connectivity index (χ4v) is 4.81. The van der Waals surface area contributed by atoms with Crippen LogP contribution in [0, 0.1) is 0 Å². The molecule has 7 heteroatoms. The first kappa shape index (κ1) is 23.8. The maximum atomic E-state index is 13.4. The Hall–Kier alpha value is -3.35. The zero-order chi connectivity index (χ0) is 23.8. The monoisotopic (exact) mass is 463 g/mol. The van der Waals surface area contributed by atoms with E-state index in [2.05, 4.69) is 17.4 Å².